The molecule has 2 fully saturated rings. The number of carbonyl (C=O) groups is 1. The van der Waals surface area contributed by atoms with Gasteiger partial charge in [0, 0.05) is 0 Å². The van der Waals surface area contributed by atoms with Gasteiger partial charge in [-0.3, -0.25) is 9.36 Å². The first-order valence-electron chi connectivity index (χ1n) is 5.56. The second-order valence-electron chi connectivity index (χ2n) is 4.28. The smallest absolute Gasteiger partial charge is 0.288 e. The van der Waals surface area contributed by atoms with Gasteiger partial charge in [0.15, 0.2) is 6.23 Å². The highest BCUT2D eigenvalue weighted by Crippen LogP contribution is 2.49. The van der Waals surface area contributed by atoms with Crippen LogP contribution in [0.5, 0.6) is 0 Å². The third-order valence-electron chi connectivity index (χ3n) is 2.95. The number of nitrogens with zero attached hydrogens (tertiary/aromatic N) is 3. The van der Waals surface area contributed by atoms with E-state index < -0.39 is 38.3 Å². The maximum Gasteiger partial charge on any atom is 0.288 e. The van der Waals surface area contributed by atoms with Gasteiger partial charge in [0.1, 0.15) is 24.6 Å². The molecular weight excluding hydrogens is 309 g/mol. The lowest BCUT2D eigenvalue weighted by atomic mass is 10.1. The van der Waals surface area contributed by atoms with Crippen molar-refractivity contribution in [2.75, 3.05) is 6.61 Å². The number of rotatable bonds is 2. The summed E-state index contributed by atoms with van der Waals surface area (Å²) in [4.78, 5) is 25.7. The van der Waals surface area contributed by atoms with Gasteiger partial charge in [-0.15, -0.1) is 5.10 Å². The molecule has 2 aliphatic heterocycles. The summed E-state index contributed by atoms with van der Waals surface area (Å²) in [7, 11) is -4.43. The second kappa shape index (κ2) is 5.42. The number of fused-ring (bicyclic) bond motifs is 1. The van der Waals surface area contributed by atoms with Crippen molar-refractivity contribution in [1.82, 2.24) is 20.9 Å². The number of hydrogen-bond acceptors (Lipinski definition) is 9. The second-order valence-corrected chi connectivity index (χ2v) is 5.64. The number of primary amides is 1. The summed E-state index contributed by atoms with van der Waals surface area (Å²) < 4.78 is 26.8. The van der Waals surface area contributed by atoms with Gasteiger partial charge < -0.3 is 35.7 Å². The molecule has 13 heteroatoms. The SMILES string of the molecule is NC(=O)c1ncn([C@@H]2O[C@@H]3COP(=O)([O-])O[C@H]3[C@H]2O)n1.[NH4+]. The average molecular weight is 323 g/mol. The van der Waals surface area contributed by atoms with Gasteiger partial charge in [-0.05, 0) is 0 Å². The van der Waals surface area contributed by atoms with E-state index in [0.29, 0.717) is 0 Å². The number of hydrogen-bond donors (Lipinski definition) is 3. The van der Waals surface area contributed by atoms with Gasteiger partial charge in [-0.25, -0.2) is 9.67 Å². The fourth-order valence-corrected chi connectivity index (χ4v) is 3.01. The highest BCUT2D eigenvalue weighted by atomic mass is 31.2. The van der Waals surface area contributed by atoms with Crippen molar-refractivity contribution < 1.29 is 33.1 Å². The molecular formula is C8H14N5O7P. The zero-order chi connectivity index (χ0) is 14.5. The number of amides is 1. The lowest BCUT2D eigenvalue weighted by Crippen LogP contribution is -2.41. The van der Waals surface area contributed by atoms with Crippen LogP contribution in [-0.4, -0.2) is 50.7 Å². The van der Waals surface area contributed by atoms with Crippen LogP contribution in [0.3, 0.4) is 0 Å². The summed E-state index contributed by atoms with van der Waals surface area (Å²) in [6.07, 6.45) is -3.09. The summed E-state index contributed by atoms with van der Waals surface area (Å²) >= 11 is 0. The van der Waals surface area contributed by atoms with Gasteiger partial charge in [-0.1, -0.05) is 0 Å². The van der Waals surface area contributed by atoms with E-state index >= 15 is 0 Å². The van der Waals surface area contributed by atoms with Gasteiger partial charge >= 0.3 is 0 Å². The number of quaternary nitrogens is 1. The molecule has 2 saturated heterocycles. The van der Waals surface area contributed by atoms with Crippen LogP contribution in [-0.2, 0) is 18.3 Å². The predicted octanol–water partition coefficient (Wildman–Crippen LogP) is -2.10. The molecule has 3 rings (SSSR count). The topological polar surface area (TPSA) is 198 Å². The molecule has 118 valence electrons. The monoisotopic (exact) mass is 323 g/mol. The normalized spacial score (nSPS) is 38.6. The van der Waals surface area contributed by atoms with Crippen LogP contribution in [0.15, 0.2) is 6.33 Å². The van der Waals surface area contributed by atoms with Crippen LogP contribution in [0, 0.1) is 0 Å². The summed E-state index contributed by atoms with van der Waals surface area (Å²) in [5.74, 6) is -1.08. The first-order chi connectivity index (χ1) is 9.37. The Morgan fingerprint density at radius 3 is 2.95 bits per heavy atom. The number of aliphatic hydroxyl groups is 1. The van der Waals surface area contributed by atoms with Crippen molar-refractivity contribution in [2.45, 2.75) is 24.5 Å². The number of carbonyl (C=O) groups excluding carboxylic acids is 1. The molecule has 0 spiro atoms. The van der Waals surface area contributed by atoms with Crippen molar-refractivity contribution >= 4 is 13.7 Å². The van der Waals surface area contributed by atoms with Crippen LogP contribution < -0.4 is 16.8 Å². The Balaban J connectivity index is 0.00000161. The summed E-state index contributed by atoms with van der Waals surface area (Å²) in [5, 5.41) is 13.8. The Kier molecular flexibility index (Phi) is 4.13. The molecule has 0 saturated carbocycles. The summed E-state index contributed by atoms with van der Waals surface area (Å²) in [6, 6.07) is 0. The number of aliphatic hydroxyl groups excluding tert-OH is 1. The van der Waals surface area contributed by atoms with Crippen molar-refractivity contribution in [2.24, 2.45) is 5.73 Å². The van der Waals surface area contributed by atoms with Gasteiger partial charge in [-0.2, -0.15) is 0 Å². The van der Waals surface area contributed by atoms with Crippen LogP contribution >= 0.6 is 7.82 Å². The van der Waals surface area contributed by atoms with E-state index in [-0.39, 0.29) is 18.6 Å². The van der Waals surface area contributed by atoms with E-state index in [9.17, 15) is 19.4 Å². The molecule has 0 bridgehead atoms. The Bertz CT molecular complexity index is 593. The molecule has 2 aliphatic rings. The third-order valence-corrected chi connectivity index (χ3v) is 3.91. The number of nitrogens with two attached hydrogens (primary N) is 1. The zero-order valence-corrected chi connectivity index (χ0v) is 11.8. The molecule has 3 heterocycles. The Morgan fingerprint density at radius 1 is 1.62 bits per heavy atom. The molecule has 1 amide bonds. The van der Waals surface area contributed by atoms with E-state index in [0.717, 1.165) is 11.0 Å². The van der Waals surface area contributed by atoms with E-state index in [2.05, 4.69) is 19.1 Å². The molecule has 1 unspecified atom stereocenters. The molecule has 0 aliphatic carbocycles. The number of phosphoric acid groups is 1. The maximum absolute atomic E-state index is 11.2. The predicted molar refractivity (Wildman–Crippen MR) is 62.9 cm³/mol. The lowest BCUT2D eigenvalue weighted by Gasteiger charge is -2.34. The van der Waals surface area contributed by atoms with Crippen molar-refractivity contribution in [3.63, 3.8) is 0 Å². The summed E-state index contributed by atoms with van der Waals surface area (Å²) in [5.41, 5.74) is 5.01. The number of phosphoric ester groups is 1. The van der Waals surface area contributed by atoms with E-state index in [4.69, 9.17) is 10.5 Å². The van der Waals surface area contributed by atoms with E-state index in [1.54, 1.807) is 0 Å². The Morgan fingerprint density at radius 2 is 2.33 bits per heavy atom. The van der Waals surface area contributed by atoms with E-state index in [1.165, 1.54) is 0 Å². The zero-order valence-electron chi connectivity index (χ0n) is 10.9. The third kappa shape index (κ3) is 2.82. The van der Waals surface area contributed by atoms with Crippen molar-refractivity contribution in [3.05, 3.63) is 12.2 Å². The minimum absolute atomic E-state index is 0. The van der Waals surface area contributed by atoms with Gasteiger partial charge in [0.2, 0.25) is 5.82 Å². The Hall–Kier alpha value is -1.40. The Labute approximate surface area is 118 Å². The van der Waals surface area contributed by atoms with Crippen LogP contribution in [0.4, 0.5) is 0 Å². The standard InChI is InChI=1S/C8H11N4O7P.H3N/c9-6(14)7-10-2-12(11-7)8-4(13)5-3(18-8)1-17-20(15,16)19-5;/h2-5,8,13H,1H2,(H2,9,14)(H,15,16);1H3/t3-,4-,5-,8-;/m1./s1. The minimum Gasteiger partial charge on any atom is -0.756 e. The largest absolute Gasteiger partial charge is 0.756 e. The van der Waals surface area contributed by atoms with E-state index in [1.807, 2.05) is 0 Å². The molecule has 1 aromatic rings. The molecule has 21 heavy (non-hydrogen) atoms. The molecule has 5 atom stereocenters. The molecule has 12 nitrogen and oxygen atoms in total. The fourth-order valence-electron chi connectivity index (χ4n) is 2.06. The van der Waals surface area contributed by atoms with Gasteiger partial charge in [0.25, 0.3) is 13.7 Å². The minimum atomic E-state index is -4.43. The highest BCUT2D eigenvalue weighted by molar-refractivity contribution is 7.45. The van der Waals surface area contributed by atoms with Crippen LogP contribution in [0.1, 0.15) is 16.8 Å². The van der Waals surface area contributed by atoms with Crippen LogP contribution in [0.25, 0.3) is 0 Å². The maximum atomic E-state index is 11.2. The first-order valence-corrected chi connectivity index (χ1v) is 7.02. The number of ether oxygens (including phenoxy) is 1. The molecule has 7 N–H and O–H groups in total. The molecule has 0 radical (unpaired) electrons. The average Bonchev–Trinajstić information content (AvgIpc) is 2.95. The summed E-state index contributed by atoms with van der Waals surface area (Å²) in [6.45, 7) is -0.267. The van der Waals surface area contributed by atoms with Gasteiger partial charge in [0.05, 0.1) is 6.61 Å². The van der Waals surface area contributed by atoms with Crippen molar-refractivity contribution in [1.29, 1.82) is 0 Å². The lowest BCUT2D eigenvalue weighted by molar-refractivity contribution is -0.245. The highest BCUT2D eigenvalue weighted by Gasteiger charge is 2.50. The first kappa shape index (κ1) is 16.0. The van der Waals surface area contributed by atoms with Crippen LogP contribution in [0.2, 0.25) is 0 Å². The molecule has 1 aromatic heterocycles. The quantitative estimate of drug-likeness (QED) is 0.509. The fraction of sp³-hybridized carbons (Fsp3) is 0.625. The number of aromatic nitrogens is 3. The molecule has 0 aromatic carbocycles. The van der Waals surface area contributed by atoms with Crippen molar-refractivity contribution in [3.8, 4) is 0 Å².